The average Bonchev–Trinajstić information content (AvgIpc) is 3.53. The molecule has 0 atom stereocenters. The van der Waals surface area contributed by atoms with Gasteiger partial charge in [-0.05, 0) is 60.1 Å². The van der Waals surface area contributed by atoms with Gasteiger partial charge in [-0.2, -0.15) is 23.3 Å². The van der Waals surface area contributed by atoms with Crippen LogP contribution in [-0.2, 0) is 43.3 Å². The van der Waals surface area contributed by atoms with E-state index in [0.717, 1.165) is 36.3 Å². The maximum atomic E-state index is 14.1. The van der Waals surface area contributed by atoms with Gasteiger partial charge < -0.3 is 14.4 Å². The van der Waals surface area contributed by atoms with Crippen molar-refractivity contribution >= 4 is 17.7 Å². The number of aromatic nitrogens is 5. The number of pyridine rings is 1. The predicted octanol–water partition coefficient (Wildman–Crippen LogP) is 6.45. The summed E-state index contributed by atoms with van der Waals surface area (Å²) < 4.78 is 56.0. The summed E-state index contributed by atoms with van der Waals surface area (Å²) >= 11 is 1.28. The lowest BCUT2D eigenvalue weighted by Gasteiger charge is -2.27. The van der Waals surface area contributed by atoms with E-state index in [1.54, 1.807) is 64.1 Å². The summed E-state index contributed by atoms with van der Waals surface area (Å²) in [5.41, 5.74) is 2.80. The zero-order valence-electron chi connectivity index (χ0n) is 28.6. The van der Waals surface area contributed by atoms with Gasteiger partial charge in [0, 0.05) is 62.0 Å². The molecule has 5 aromatic rings. The first-order valence-corrected chi connectivity index (χ1v) is 17.5. The van der Waals surface area contributed by atoms with Gasteiger partial charge in [0.2, 0.25) is 5.91 Å². The lowest BCUT2D eigenvalue weighted by molar-refractivity contribution is -0.137. The topological polar surface area (TPSA) is 89.1 Å². The largest absolute Gasteiger partial charge is 0.416 e. The highest BCUT2D eigenvalue weighted by Crippen LogP contribution is 2.31. The van der Waals surface area contributed by atoms with Crippen LogP contribution in [0.15, 0.2) is 95.4 Å². The monoisotopic (exact) mass is 721 g/mol. The van der Waals surface area contributed by atoms with Gasteiger partial charge in [0.05, 0.1) is 24.0 Å². The molecular weight excluding hydrogens is 683 g/mol. The van der Waals surface area contributed by atoms with E-state index in [0.29, 0.717) is 46.4 Å². The molecule has 9 nitrogen and oxygen atoms in total. The number of alkyl halides is 3. The Bertz CT molecular complexity index is 1960. The third-order valence-corrected chi connectivity index (χ3v) is 9.49. The second-order valence-corrected chi connectivity index (χ2v) is 13.0. The Hall–Kier alpha value is -4.82. The van der Waals surface area contributed by atoms with Crippen LogP contribution in [0.5, 0.6) is 0 Å². The first kappa shape index (κ1) is 37.4. The molecule has 51 heavy (non-hydrogen) atoms. The molecule has 0 spiro atoms. The van der Waals surface area contributed by atoms with E-state index >= 15 is 0 Å². The molecule has 0 radical (unpaired) electrons. The number of amides is 1. The van der Waals surface area contributed by atoms with Gasteiger partial charge in [0.25, 0.3) is 5.56 Å². The molecule has 0 aliphatic carbocycles. The highest BCUT2D eigenvalue weighted by atomic mass is 32.2. The van der Waals surface area contributed by atoms with Crippen LogP contribution in [0.25, 0.3) is 11.1 Å². The van der Waals surface area contributed by atoms with Gasteiger partial charge in [0.15, 0.2) is 5.16 Å². The van der Waals surface area contributed by atoms with Crippen molar-refractivity contribution in [2.45, 2.75) is 50.4 Å². The zero-order valence-corrected chi connectivity index (χ0v) is 29.4. The second kappa shape index (κ2) is 16.9. The summed E-state index contributed by atoms with van der Waals surface area (Å²) in [5.74, 6) is -0.154. The molecule has 1 amide bonds. The number of hydrogen-bond acceptors (Lipinski definition) is 7. The molecule has 268 valence electrons. The van der Waals surface area contributed by atoms with Crippen LogP contribution in [0.3, 0.4) is 0 Å². The van der Waals surface area contributed by atoms with Crippen LogP contribution < -0.4 is 5.56 Å². The van der Waals surface area contributed by atoms with Crippen molar-refractivity contribution in [3.63, 3.8) is 0 Å². The van der Waals surface area contributed by atoms with E-state index in [2.05, 4.69) is 33.8 Å². The number of likely N-dealkylation sites (N-methyl/N-ethyl adjacent to an activating group) is 1. The van der Waals surface area contributed by atoms with Crippen molar-refractivity contribution in [2.75, 3.05) is 26.2 Å². The van der Waals surface area contributed by atoms with E-state index in [4.69, 9.17) is 0 Å². The van der Waals surface area contributed by atoms with E-state index in [1.807, 2.05) is 6.20 Å². The van der Waals surface area contributed by atoms with E-state index in [9.17, 15) is 27.2 Å². The smallest absolute Gasteiger partial charge is 0.334 e. The maximum Gasteiger partial charge on any atom is 0.416 e. The van der Waals surface area contributed by atoms with Crippen molar-refractivity contribution in [3.05, 3.63) is 130 Å². The first-order chi connectivity index (χ1) is 24.4. The quantitative estimate of drug-likeness (QED) is 0.0698. The molecular formula is C37H39F4N7O2S. The standard InChI is InChI=1S/C37H39F4N7O2S/c1-4-46(5-2)16-17-47(23-33-15-10-29(20-42-33)28-8-11-31(12-9-28)37(39,40)41)34(49)24-48-22-30(18-27-19-43-45(3)21-27)35(50)44-36(48)51-25-26-6-13-32(38)14-7-26/h6-15,19-22H,4-5,16-18,23-25H2,1-3H3. The summed E-state index contributed by atoms with van der Waals surface area (Å²) in [6, 6.07) is 14.5. The minimum Gasteiger partial charge on any atom is -0.334 e. The Morgan fingerprint density at radius 2 is 1.59 bits per heavy atom. The molecule has 0 saturated carbocycles. The number of thioether (sulfide) groups is 1. The van der Waals surface area contributed by atoms with Gasteiger partial charge in [-0.25, -0.2) is 4.39 Å². The minimum atomic E-state index is -4.42. The van der Waals surface area contributed by atoms with E-state index in [-0.39, 0.29) is 31.2 Å². The van der Waals surface area contributed by atoms with Crippen LogP contribution in [0, 0.1) is 5.82 Å². The fourth-order valence-electron chi connectivity index (χ4n) is 5.46. The van der Waals surface area contributed by atoms with Gasteiger partial charge in [-0.15, -0.1) is 0 Å². The molecule has 0 fully saturated rings. The Labute approximate surface area is 298 Å². The second-order valence-electron chi connectivity index (χ2n) is 12.1. The highest BCUT2D eigenvalue weighted by molar-refractivity contribution is 7.98. The molecule has 0 unspecified atom stereocenters. The predicted molar refractivity (Wildman–Crippen MR) is 188 cm³/mol. The molecule has 0 aliphatic rings. The number of hydrogen-bond donors (Lipinski definition) is 0. The Morgan fingerprint density at radius 3 is 2.20 bits per heavy atom. The third kappa shape index (κ3) is 10.4. The number of rotatable bonds is 15. The van der Waals surface area contributed by atoms with Crippen molar-refractivity contribution in [1.29, 1.82) is 0 Å². The average molecular weight is 722 g/mol. The van der Waals surface area contributed by atoms with Crippen molar-refractivity contribution in [2.24, 2.45) is 7.05 Å². The number of halogens is 4. The SMILES string of the molecule is CCN(CC)CCN(Cc1ccc(-c2ccc(C(F)(F)F)cc2)cn1)C(=O)Cn1cc(Cc2cnn(C)c2)c(=O)nc1SCc1ccc(F)cc1. The van der Waals surface area contributed by atoms with Gasteiger partial charge in [-0.1, -0.05) is 55.9 Å². The van der Waals surface area contributed by atoms with Crippen LogP contribution in [-0.4, -0.2) is 66.2 Å². The number of nitrogens with zero attached hydrogens (tertiary/aromatic N) is 7. The Balaban J connectivity index is 1.39. The maximum absolute atomic E-state index is 14.1. The summed E-state index contributed by atoms with van der Waals surface area (Å²) in [4.78, 5) is 40.2. The number of carbonyl (C=O) groups is 1. The van der Waals surface area contributed by atoms with Crippen LogP contribution >= 0.6 is 11.8 Å². The number of benzene rings is 2. The Kier molecular flexibility index (Phi) is 12.4. The highest BCUT2D eigenvalue weighted by Gasteiger charge is 2.30. The molecule has 14 heteroatoms. The van der Waals surface area contributed by atoms with Crippen LogP contribution in [0.4, 0.5) is 17.6 Å². The van der Waals surface area contributed by atoms with Gasteiger partial charge in [-0.3, -0.25) is 19.3 Å². The summed E-state index contributed by atoms with van der Waals surface area (Å²) in [5, 5.41) is 4.55. The van der Waals surface area contributed by atoms with Crippen molar-refractivity contribution in [3.8, 4) is 11.1 Å². The lowest BCUT2D eigenvalue weighted by atomic mass is 10.1. The van der Waals surface area contributed by atoms with Gasteiger partial charge >= 0.3 is 6.18 Å². The molecule has 2 aromatic carbocycles. The zero-order chi connectivity index (χ0) is 36.5. The number of aryl methyl sites for hydroxylation is 1. The van der Waals surface area contributed by atoms with Crippen LogP contribution in [0.2, 0.25) is 0 Å². The molecule has 0 aliphatic heterocycles. The molecule has 3 aromatic heterocycles. The fraction of sp³-hybridized carbons (Fsp3) is 0.324. The summed E-state index contributed by atoms with van der Waals surface area (Å²) in [7, 11) is 1.79. The van der Waals surface area contributed by atoms with Gasteiger partial charge in [0.1, 0.15) is 12.4 Å². The minimum absolute atomic E-state index is 0.0963. The van der Waals surface area contributed by atoms with Crippen molar-refractivity contribution in [1.82, 2.24) is 34.1 Å². The van der Waals surface area contributed by atoms with Crippen LogP contribution in [0.1, 0.15) is 41.8 Å². The lowest BCUT2D eigenvalue weighted by Crippen LogP contribution is -2.40. The summed E-state index contributed by atoms with van der Waals surface area (Å²) in [6.07, 6.45) is 2.63. The normalized spacial score (nSPS) is 11.7. The fourth-order valence-corrected chi connectivity index (χ4v) is 6.38. The third-order valence-electron chi connectivity index (χ3n) is 8.43. The Morgan fingerprint density at radius 1 is 0.882 bits per heavy atom. The number of carbonyl (C=O) groups excluding carboxylic acids is 1. The van der Waals surface area contributed by atoms with E-state index in [1.165, 1.54) is 36.0 Å². The molecule has 0 bridgehead atoms. The summed E-state index contributed by atoms with van der Waals surface area (Å²) in [6.45, 7) is 6.87. The first-order valence-electron chi connectivity index (χ1n) is 16.5. The molecule has 0 saturated heterocycles. The molecule has 0 N–H and O–H groups in total. The molecule has 5 rings (SSSR count). The van der Waals surface area contributed by atoms with Crippen molar-refractivity contribution < 1.29 is 22.4 Å². The molecule has 3 heterocycles. The van der Waals surface area contributed by atoms with E-state index < -0.39 is 17.3 Å².